The average Bonchev–Trinajstić information content (AvgIpc) is 2.74. The van der Waals surface area contributed by atoms with Gasteiger partial charge in [-0.3, -0.25) is 9.69 Å². The molecule has 19 heavy (non-hydrogen) atoms. The molecule has 0 unspecified atom stereocenters. The smallest absolute Gasteiger partial charge is 0.309 e. The number of carboxylic acid groups (broad SMARTS) is 1. The van der Waals surface area contributed by atoms with Crippen LogP contribution in [-0.4, -0.2) is 34.0 Å². The lowest BCUT2D eigenvalue weighted by atomic mass is 9.99. The molecule has 0 radical (unpaired) electrons. The molecule has 1 N–H and O–H groups in total. The third-order valence-corrected chi connectivity index (χ3v) is 4.91. The molecule has 1 fully saturated rings. The van der Waals surface area contributed by atoms with E-state index in [0.717, 1.165) is 47.6 Å². The highest BCUT2D eigenvalue weighted by atomic mass is 32.1. The Kier molecular flexibility index (Phi) is 4.93. The fraction of sp³-hybridized carbons (Fsp3) is 0.714. The Hall–Kier alpha value is -0.940. The normalized spacial score (nSPS) is 17.8. The van der Waals surface area contributed by atoms with Crippen LogP contribution in [0.25, 0.3) is 0 Å². The van der Waals surface area contributed by atoms with Crippen LogP contribution in [-0.2, 0) is 24.2 Å². The number of aliphatic carboxylic acids is 1. The number of aryl methyl sites for hydroxylation is 1. The molecule has 5 heteroatoms. The highest BCUT2D eigenvalue weighted by Crippen LogP contribution is 2.24. The van der Waals surface area contributed by atoms with E-state index in [-0.39, 0.29) is 6.42 Å². The summed E-state index contributed by atoms with van der Waals surface area (Å²) >= 11 is 1.68. The number of carboxylic acids is 1. The van der Waals surface area contributed by atoms with E-state index in [9.17, 15) is 4.79 Å². The second kappa shape index (κ2) is 6.48. The standard InChI is InChI=1S/C14H22N2O2S/c1-3-13-15-11(8-14(17)18)12(19-13)9-16-6-4-10(2)5-7-16/h10H,3-9H2,1-2H3,(H,17,18). The van der Waals surface area contributed by atoms with Crippen molar-refractivity contribution < 1.29 is 9.90 Å². The Bertz CT molecular complexity index is 437. The first kappa shape index (κ1) is 14.5. The number of carbonyl (C=O) groups is 1. The maximum atomic E-state index is 10.9. The number of aromatic nitrogens is 1. The number of nitrogens with zero attached hydrogens (tertiary/aromatic N) is 2. The predicted molar refractivity (Wildman–Crippen MR) is 76.5 cm³/mol. The second-order valence-corrected chi connectivity index (χ2v) is 6.53. The van der Waals surface area contributed by atoms with Gasteiger partial charge in [-0.05, 0) is 38.3 Å². The summed E-state index contributed by atoms with van der Waals surface area (Å²) in [7, 11) is 0. The van der Waals surface area contributed by atoms with Crippen LogP contribution >= 0.6 is 11.3 Å². The molecular weight excluding hydrogens is 260 g/mol. The van der Waals surface area contributed by atoms with Gasteiger partial charge in [0.05, 0.1) is 17.1 Å². The maximum Gasteiger partial charge on any atom is 0.309 e. The van der Waals surface area contributed by atoms with Crippen molar-refractivity contribution in [3.8, 4) is 0 Å². The van der Waals surface area contributed by atoms with Crippen LogP contribution in [0.15, 0.2) is 0 Å². The summed E-state index contributed by atoms with van der Waals surface area (Å²) in [5.41, 5.74) is 0.771. The fourth-order valence-electron chi connectivity index (χ4n) is 2.42. The van der Waals surface area contributed by atoms with E-state index in [4.69, 9.17) is 5.11 Å². The Morgan fingerprint density at radius 2 is 2.16 bits per heavy atom. The van der Waals surface area contributed by atoms with Crippen LogP contribution in [0.1, 0.15) is 42.3 Å². The molecule has 1 aliphatic heterocycles. The Labute approximate surface area is 118 Å². The van der Waals surface area contributed by atoms with Crippen LogP contribution in [0.4, 0.5) is 0 Å². The van der Waals surface area contributed by atoms with Crippen molar-refractivity contribution in [2.75, 3.05) is 13.1 Å². The van der Waals surface area contributed by atoms with E-state index in [2.05, 4.69) is 23.7 Å². The Morgan fingerprint density at radius 3 is 2.74 bits per heavy atom. The summed E-state index contributed by atoms with van der Waals surface area (Å²) in [5.74, 6) is 0.0314. The lowest BCUT2D eigenvalue weighted by Crippen LogP contribution is -2.32. The number of likely N-dealkylation sites (tertiary alicyclic amines) is 1. The SMILES string of the molecule is CCc1nc(CC(=O)O)c(CN2CCC(C)CC2)s1. The zero-order valence-electron chi connectivity index (χ0n) is 11.7. The molecule has 1 saturated heterocycles. The van der Waals surface area contributed by atoms with E-state index >= 15 is 0 Å². The molecule has 0 aromatic carbocycles. The molecule has 0 spiro atoms. The molecule has 2 rings (SSSR count). The minimum absolute atomic E-state index is 0.0517. The number of hydrogen-bond donors (Lipinski definition) is 1. The van der Waals surface area contributed by atoms with Crippen molar-refractivity contribution in [3.63, 3.8) is 0 Å². The minimum Gasteiger partial charge on any atom is -0.481 e. The third kappa shape index (κ3) is 4.01. The highest BCUT2D eigenvalue weighted by Gasteiger charge is 2.20. The third-order valence-electron chi connectivity index (χ3n) is 3.69. The molecule has 0 atom stereocenters. The number of hydrogen-bond acceptors (Lipinski definition) is 4. The van der Waals surface area contributed by atoms with Gasteiger partial charge in [0.15, 0.2) is 0 Å². The summed E-state index contributed by atoms with van der Waals surface area (Å²) in [6.45, 7) is 7.47. The Morgan fingerprint density at radius 1 is 1.47 bits per heavy atom. The van der Waals surface area contributed by atoms with Crippen molar-refractivity contribution in [2.45, 2.75) is 46.1 Å². The molecule has 4 nitrogen and oxygen atoms in total. The first-order chi connectivity index (χ1) is 9.08. The van der Waals surface area contributed by atoms with E-state index < -0.39 is 5.97 Å². The van der Waals surface area contributed by atoms with Crippen molar-refractivity contribution in [2.24, 2.45) is 5.92 Å². The maximum absolute atomic E-state index is 10.9. The number of rotatable bonds is 5. The lowest BCUT2D eigenvalue weighted by Gasteiger charge is -2.29. The van der Waals surface area contributed by atoms with Crippen molar-refractivity contribution in [1.29, 1.82) is 0 Å². The number of piperidine rings is 1. The zero-order valence-corrected chi connectivity index (χ0v) is 12.5. The molecule has 0 bridgehead atoms. The van der Waals surface area contributed by atoms with Crippen LogP contribution in [0.5, 0.6) is 0 Å². The minimum atomic E-state index is -0.790. The first-order valence-electron chi connectivity index (χ1n) is 7.00. The van der Waals surface area contributed by atoms with Gasteiger partial charge in [0.1, 0.15) is 0 Å². The van der Waals surface area contributed by atoms with Gasteiger partial charge < -0.3 is 5.11 Å². The molecule has 1 aromatic rings. The summed E-state index contributed by atoms with van der Waals surface area (Å²) in [5, 5.41) is 10.0. The zero-order chi connectivity index (χ0) is 13.8. The largest absolute Gasteiger partial charge is 0.481 e. The monoisotopic (exact) mass is 282 g/mol. The van der Waals surface area contributed by atoms with Crippen molar-refractivity contribution in [1.82, 2.24) is 9.88 Å². The first-order valence-corrected chi connectivity index (χ1v) is 7.81. The summed E-state index contributed by atoms with van der Waals surface area (Å²) < 4.78 is 0. The van der Waals surface area contributed by atoms with Gasteiger partial charge in [0.25, 0.3) is 0 Å². The summed E-state index contributed by atoms with van der Waals surface area (Å²) in [6.07, 6.45) is 3.42. The average molecular weight is 282 g/mol. The van der Waals surface area contributed by atoms with Gasteiger partial charge in [-0.25, -0.2) is 4.98 Å². The van der Waals surface area contributed by atoms with Crippen molar-refractivity contribution in [3.05, 3.63) is 15.6 Å². The van der Waals surface area contributed by atoms with E-state index in [0.29, 0.717) is 0 Å². The van der Waals surface area contributed by atoms with E-state index in [1.54, 1.807) is 11.3 Å². The molecule has 1 aliphatic rings. The van der Waals surface area contributed by atoms with Crippen LogP contribution in [0.2, 0.25) is 0 Å². The molecular formula is C14H22N2O2S. The van der Waals surface area contributed by atoms with Crippen LogP contribution < -0.4 is 0 Å². The van der Waals surface area contributed by atoms with E-state index in [1.165, 1.54) is 12.8 Å². The van der Waals surface area contributed by atoms with Gasteiger partial charge in [0.2, 0.25) is 0 Å². The van der Waals surface area contributed by atoms with Gasteiger partial charge in [-0.2, -0.15) is 0 Å². The van der Waals surface area contributed by atoms with Crippen LogP contribution in [0.3, 0.4) is 0 Å². The highest BCUT2D eigenvalue weighted by molar-refractivity contribution is 7.11. The quantitative estimate of drug-likeness (QED) is 0.902. The fourth-order valence-corrected chi connectivity index (χ4v) is 3.48. The van der Waals surface area contributed by atoms with Gasteiger partial charge in [0, 0.05) is 11.4 Å². The summed E-state index contributed by atoms with van der Waals surface area (Å²) in [6, 6.07) is 0. The predicted octanol–water partition coefficient (Wildman–Crippen LogP) is 2.56. The van der Waals surface area contributed by atoms with Crippen LogP contribution in [0, 0.1) is 5.92 Å². The Balaban J connectivity index is 2.05. The van der Waals surface area contributed by atoms with Gasteiger partial charge in [-0.1, -0.05) is 13.8 Å². The van der Waals surface area contributed by atoms with Gasteiger partial charge in [-0.15, -0.1) is 11.3 Å². The van der Waals surface area contributed by atoms with E-state index in [1.807, 2.05) is 0 Å². The lowest BCUT2D eigenvalue weighted by molar-refractivity contribution is -0.136. The number of thiazole rings is 1. The second-order valence-electron chi connectivity index (χ2n) is 5.36. The topological polar surface area (TPSA) is 53.4 Å². The molecule has 106 valence electrons. The molecule has 1 aromatic heterocycles. The van der Waals surface area contributed by atoms with Gasteiger partial charge >= 0.3 is 5.97 Å². The molecule has 0 aliphatic carbocycles. The van der Waals surface area contributed by atoms with Crippen molar-refractivity contribution >= 4 is 17.3 Å². The molecule has 0 amide bonds. The summed E-state index contributed by atoms with van der Waals surface area (Å²) in [4.78, 5) is 18.9. The molecule has 0 saturated carbocycles. The molecule has 2 heterocycles.